The van der Waals surface area contributed by atoms with Crippen LogP contribution in [0.1, 0.15) is 12.8 Å². The lowest BCUT2D eigenvalue weighted by Gasteiger charge is -2.35. The van der Waals surface area contributed by atoms with Crippen molar-refractivity contribution in [2.45, 2.75) is 17.9 Å². The van der Waals surface area contributed by atoms with E-state index in [2.05, 4.69) is 17.0 Å². The summed E-state index contributed by atoms with van der Waals surface area (Å²) in [6.07, 6.45) is 1.26. The highest BCUT2D eigenvalue weighted by Gasteiger charge is 2.29. The van der Waals surface area contributed by atoms with Crippen molar-refractivity contribution in [3.63, 3.8) is 0 Å². The number of alkyl halides is 1. The van der Waals surface area contributed by atoms with Crippen molar-refractivity contribution >= 4 is 17.3 Å². The molecule has 1 N–H and O–H groups in total. The monoisotopic (exact) mass is 211 g/mol. The molecule has 0 unspecified atom stereocenters. The van der Waals surface area contributed by atoms with Gasteiger partial charge in [0, 0.05) is 31.6 Å². The summed E-state index contributed by atoms with van der Waals surface area (Å²) in [4.78, 5) is 2.25. The smallest absolute Gasteiger partial charge is 0.142 e. The second-order valence-corrected chi connectivity index (χ2v) is 4.44. The van der Waals surface area contributed by atoms with Crippen molar-refractivity contribution in [2.24, 2.45) is 0 Å². The van der Waals surface area contributed by atoms with E-state index in [9.17, 15) is 5.11 Å². The summed E-state index contributed by atoms with van der Waals surface area (Å²) in [6, 6.07) is 10.2. The first-order valence-corrected chi connectivity index (χ1v) is 5.26. The first-order valence-electron chi connectivity index (χ1n) is 4.89. The summed E-state index contributed by atoms with van der Waals surface area (Å²) in [6.45, 7) is 1.65. The fourth-order valence-electron chi connectivity index (χ4n) is 1.75. The Labute approximate surface area is 89.1 Å². The van der Waals surface area contributed by atoms with E-state index >= 15 is 0 Å². The van der Waals surface area contributed by atoms with E-state index in [1.165, 1.54) is 5.69 Å². The van der Waals surface area contributed by atoms with Crippen LogP contribution >= 0.6 is 11.6 Å². The number of nitrogens with zero attached hydrogens (tertiary/aromatic N) is 1. The fourth-order valence-corrected chi connectivity index (χ4v) is 1.92. The maximum atomic E-state index is 9.58. The standard InChI is InChI=1S/C11H14ClNO/c12-11(14)6-8-13(9-7-11)10-4-2-1-3-5-10/h1-5,14H,6-9H2. The molecule has 1 saturated heterocycles. The molecule has 1 fully saturated rings. The predicted molar refractivity (Wildman–Crippen MR) is 58.7 cm³/mol. The summed E-state index contributed by atoms with van der Waals surface area (Å²) in [5, 5.41) is 8.60. The highest BCUT2D eigenvalue weighted by atomic mass is 35.5. The molecule has 1 aliphatic heterocycles. The Balaban J connectivity index is 2.03. The molecule has 0 bridgehead atoms. The van der Waals surface area contributed by atoms with Crippen LogP contribution in [0.25, 0.3) is 0 Å². The molecular formula is C11H14ClNO. The van der Waals surface area contributed by atoms with Crippen LogP contribution in [0.4, 0.5) is 5.69 Å². The maximum Gasteiger partial charge on any atom is 0.142 e. The topological polar surface area (TPSA) is 23.5 Å². The van der Waals surface area contributed by atoms with Gasteiger partial charge in [0.15, 0.2) is 0 Å². The van der Waals surface area contributed by atoms with E-state index in [1.807, 2.05) is 18.2 Å². The van der Waals surface area contributed by atoms with E-state index in [0.29, 0.717) is 12.8 Å². The van der Waals surface area contributed by atoms with E-state index in [-0.39, 0.29) is 0 Å². The summed E-state index contributed by atoms with van der Waals surface area (Å²) in [5.74, 6) is 0. The van der Waals surface area contributed by atoms with E-state index in [0.717, 1.165) is 13.1 Å². The molecule has 1 aliphatic rings. The highest BCUT2D eigenvalue weighted by Crippen LogP contribution is 2.28. The summed E-state index contributed by atoms with van der Waals surface area (Å²) < 4.78 is 0. The Kier molecular flexibility index (Phi) is 2.66. The lowest BCUT2D eigenvalue weighted by Crippen LogP contribution is -2.40. The quantitative estimate of drug-likeness (QED) is 0.721. The van der Waals surface area contributed by atoms with Crippen LogP contribution in [-0.4, -0.2) is 23.3 Å². The Bertz CT molecular complexity index is 289. The highest BCUT2D eigenvalue weighted by molar-refractivity contribution is 6.22. The fraction of sp³-hybridized carbons (Fsp3) is 0.455. The molecule has 0 spiro atoms. The number of anilines is 1. The predicted octanol–water partition coefficient (Wildman–Crippen LogP) is 2.21. The minimum atomic E-state index is -0.981. The Hall–Kier alpha value is -0.730. The van der Waals surface area contributed by atoms with Gasteiger partial charge in [0.05, 0.1) is 0 Å². The van der Waals surface area contributed by atoms with Crippen LogP contribution in [0.3, 0.4) is 0 Å². The van der Waals surface area contributed by atoms with Gasteiger partial charge in [-0.3, -0.25) is 0 Å². The lowest BCUT2D eigenvalue weighted by molar-refractivity contribution is 0.101. The summed E-state index contributed by atoms with van der Waals surface area (Å²) in [5.41, 5.74) is 1.21. The molecule has 0 aliphatic carbocycles. The molecule has 0 aromatic heterocycles. The molecule has 0 atom stereocenters. The first kappa shape index (κ1) is 9.81. The second kappa shape index (κ2) is 3.79. The van der Waals surface area contributed by atoms with Gasteiger partial charge in [-0.25, -0.2) is 0 Å². The first-order chi connectivity index (χ1) is 6.67. The number of hydrogen-bond donors (Lipinski definition) is 1. The minimum Gasteiger partial charge on any atom is -0.375 e. The number of rotatable bonds is 1. The van der Waals surface area contributed by atoms with Gasteiger partial charge < -0.3 is 10.0 Å². The molecule has 76 valence electrons. The molecule has 0 saturated carbocycles. The third-order valence-electron chi connectivity index (χ3n) is 2.65. The molecule has 2 nitrogen and oxygen atoms in total. The third kappa shape index (κ3) is 2.20. The maximum absolute atomic E-state index is 9.58. The van der Waals surface area contributed by atoms with Crippen molar-refractivity contribution < 1.29 is 5.11 Å². The van der Waals surface area contributed by atoms with Crippen LogP contribution in [0.5, 0.6) is 0 Å². The van der Waals surface area contributed by atoms with Gasteiger partial charge in [-0.2, -0.15) is 0 Å². The van der Waals surface area contributed by atoms with Gasteiger partial charge in [-0.1, -0.05) is 29.8 Å². The number of aliphatic hydroxyl groups is 1. The molecule has 2 rings (SSSR count). The molecule has 1 heterocycles. The van der Waals surface area contributed by atoms with E-state index in [4.69, 9.17) is 11.6 Å². The SMILES string of the molecule is OC1(Cl)CCN(c2ccccc2)CC1. The number of hydrogen-bond acceptors (Lipinski definition) is 2. The van der Waals surface area contributed by atoms with Crippen LogP contribution in [0.2, 0.25) is 0 Å². The molecule has 1 aromatic rings. The van der Waals surface area contributed by atoms with Crippen LogP contribution in [0.15, 0.2) is 30.3 Å². The molecule has 14 heavy (non-hydrogen) atoms. The third-order valence-corrected chi connectivity index (χ3v) is 3.03. The van der Waals surface area contributed by atoms with Crippen molar-refractivity contribution in [3.05, 3.63) is 30.3 Å². The van der Waals surface area contributed by atoms with Crippen LogP contribution in [0, 0.1) is 0 Å². The van der Waals surface area contributed by atoms with Gasteiger partial charge in [-0.15, -0.1) is 0 Å². The average Bonchev–Trinajstić information content (AvgIpc) is 2.19. The zero-order valence-electron chi connectivity index (χ0n) is 7.99. The molecular weight excluding hydrogens is 198 g/mol. The Morgan fingerprint density at radius 1 is 1.14 bits per heavy atom. The number of halogens is 1. The van der Waals surface area contributed by atoms with Crippen molar-refractivity contribution in [1.82, 2.24) is 0 Å². The van der Waals surface area contributed by atoms with Crippen molar-refractivity contribution in [3.8, 4) is 0 Å². The average molecular weight is 212 g/mol. The van der Waals surface area contributed by atoms with Crippen molar-refractivity contribution in [1.29, 1.82) is 0 Å². The summed E-state index contributed by atoms with van der Waals surface area (Å²) in [7, 11) is 0. The lowest BCUT2D eigenvalue weighted by atomic mass is 10.1. The second-order valence-electron chi connectivity index (χ2n) is 3.74. The van der Waals surface area contributed by atoms with Crippen molar-refractivity contribution in [2.75, 3.05) is 18.0 Å². The number of benzene rings is 1. The Morgan fingerprint density at radius 3 is 2.29 bits per heavy atom. The van der Waals surface area contributed by atoms with Gasteiger partial charge in [-0.05, 0) is 12.1 Å². The molecule has 3 heteroatoms. The van der Waals surface area contributed by atoms with Gasteiger partial charge in [0.1, 0.15) is 5.06 Å². The van der Waals surface area contributed by atoms with E-state index in [1.54, 1.807) is 0 Å². The van der Waals surface area contributed by atoms with Crippen LogP contribution in [-0.2, 0) is 0 Å². The number of piperidine rings is 1. The van der Waals surface area contributed by atoms with Crippen LogP contribution < -0.4 is 4.90 Å². The molecule has 1 aromatic carbocycles. The zero-order valence-corrected chi connectivity index (χ0v) is 8.74. The Morgan fingerprint density at radius 2 is 1.71 bits per heavy atom. The molecule has 0 amide bonds. The minimum absolute atomic E-state index is 0.628. The summed E-state index contributed by atoms with van der Waals surface area (Å²) >= 11 is 5.85. The van der Waals surface area contributed by atoms with Gasteiger partial charge >= 0.3 is 0 Å². The largest absolute Gasteiger partial charge is 0.375 e. The van der Waals surface area contributed by atoms with Gasteiger partial charge in [0.25, 0.3) is 0 Å². The zero-order chi connectivity index (χ0) is 10.0. The number of para-hydroxylation sites is 1. The van der Waals surface area contributed by atoms with Gasteiger partial charge in [0.2, 0.25) is 0 Å². The normalized spacial score (nSPS) is 20.9. The van der Waals surface area contributed by atoms with E-state index < -0.39 is 5.06 Å². The molecule has 0 radical (unpaired) electrons.